The second-order valence-electron chi connectivity index (χ2n) is 4.45. The molecule has 0 heterocycles. The minimum atomic E-state index is -4.08. The third-order valence-electron chi connectivity index (χ3n) is 3.47. The first-order chi connectivity index (χ1) is 7.50. The summed E-state index contributed by atoms with van der Waals surface area (Å²) >= 11 is 0. The SMILES string of the molecule is CNC(COC)C1CCCCC1C(F)(F)F. The van der Waals surface area contributed by atoms with E-state index in [1.54, 1.807) is 7.05 Å². The highest BCUT2D eigenvalue weighted by Crippen LogP contribution is 2.42. The van der Waals surface area contributed by atoms with Crippen molar-refractivity contribution in [3.63, 3.8) is 0 Å². The summed E-state index contributed by atoms with van der Waals surface area (Å²) in [5.41, 5.74) is 0. The van der Waals surface area contributed by atoms with Crippen LogP contribution in [0.5, 0.6) is 0 Å². The second-order valence-corrected chi connectivity index (χ2v) is 4.45. The van der Waals surface area contributed by atoms with Gasteiger partial charge in [0.2, 0.25) is 0 Å². The number of ether oxygens (including phenoxy) is 1. The lowest BCUT2D eigenvalue weighted by Gasteiger charge is -2.37. The normalized spacial score (nSPS) is 29.1. The zero-order valence-corrected chi connectivity index (χ0v) is 9.81. The van der Waals surface area contributed by atoms with Crippen molar-refractivity contribution in [3.8, 4) is 0 Å². The van der Waals surface area contributed by atoms with Gasteiger partial charge in [0, 0.05) is 13.2 Å². The van der Waals surface area contributed by atoms with Crippen LogP contribution in [0.1, 0.15) is 25.7 Å². The van der Waals surface area contributed by atoms with E-state index in [4.69, 9.17) is 4.74 Å². The molecular weight excluding hydrogens is 219 g/mol. The fourth-order valence-corrected chi connectivity index (χ4v) is 2.65. The highest BCUT2D eigenvalue weighted by molar-refractivity contribution is 4.87. The minimum Gasteiger partial charge on any atom is -0.383 e. The lowest BCUT2D eigenvalue weighted by molar-refractivity contribution is -0.200. The van der Waals surface area contributed by atoms with Crippen LogP contribution in [-0.4, -0.2) is 33.0 Å². The number of halogens is 3. The van der Waals surface area contributed by atoms with Crippen LogP contribution in [0.2, 0.25) is 0 Å². The molecule has 0 aromatic rings. The molecule has 0 bridgehead atoms. The van der Waals surface area contributed by atoms with Gasteiger partial charge in [-0.05, 0) is 25.8 Å². The topological polar surface area (TPSA) is 21.3 Å². The van der Waals surface area contributed by atoms with Gasteiger partial charge in [-0.1, -0.05) is 12.8 Å². The maximum atomic E-state index is 12.9. The molecule has 3 unspecified atom stereocenters. The Morgan fingerprint density at radius 2 is 1.94 bits per heavy atom. The predicted molar refractivity (Wildman–Crippen MR) is 56.2 cm³/mol. The third kappa shape index (κ3) is 3.35. The van der Waals surface area contributed by atoms with Crippen LogP contribution in [-0.2, 0) is 4.74 Å². The lowest BCUT2D eigenvalue weighted by atomic mass is 9.75. The third-order valence-corrected chi connectivity index (χ3v) is 3.47. The van der Waals surface area contributed by atoms with Crippen molar-refractivity contribution >= 4 is 0 Å². The lowest BCUT2D eigenvalue weighted by Crippen LogP contribution is -2.46. The molecule has 0 radical (unpaired) electrons. The molecule has 1 rings (SSSR count). The van der Waals surface area contributed by atoms with E-state index in [-0.39, 0.29) is 18.4 Å². The summed E-state index contributed by atoms with van der Waals surface area (Å²) in [6.45, 7) is 0.341. The van der Waals surface area contributed by atoms with Gasteiger partial charge in [-0.25, -0.2) is 0 Å². The standard InChI is InChI=1S/C11H20F3NO/c1-15-10(7-16-2)8-5-3-4-6-9(8)11(12,13)14/h8-10,15H,3-7H2,1-2H3. The van der Waals surface area contributed by atoms with E-state index in [0.717, 1.165) is 6.42 Å². The Bertz CT molecular complexity index is 208. The van der Waals surface area contributed by atoms with E-state index in [1.807, 2.05) is 0 Å². The number of hydrogen-bond donors (Lipinski definition) is 1. The first kappa shape index (κ1) is 13.8. The first-order valence-corrected chi connectivity index (χ1v) is 5.73. The maximum absolute atomic E-state index is 12.9. The van der Waals surface area contributed by atoms with E-state index < -0.39 is 12.1 Å². The van der Waals surface area contributed by atoms with Crippen molar-refractivity contribution in [2.45, 2.75) is 37.9 Å². The summed E-state index contributed by atoms with van der Waals surface area (Å²) in [5.74, 6) is -1.52. The van der Waals surface area contributed by atoms with Gasteiger partial charge >= 0.3 is 6.18 Å². The fraction of sp³-hybridized carbons (Fsp3) is 1.00. The van der Waals surface area contributed by atoms with Crippen LogP contribution in [0.3, 0.4) is 0 Å². The number of hydrogen-bond acceptors (Lipinski definition) is 2. The Kier molecular flexibility index (Phi) is 5.05. The average Bonchev–Trinajstić information content (AvgIpc) is 2.25. The van der Waals surface area contributed by atoms with E-state index in [9.17, 15) is 13.2 Å². The molecular formula is C11H20F3NO. The van der Waals surface area contributed by atoms with Crippen LogP contribution < -0.4 is 5.32 Å². The van der Waals surface area contributed by atoms with Crippen LogP contribution >= 0.6 is 0 Å². The zero-order valence-electron chi connectivity index (χ0n) is 9.81. The van der Waals surface area contributed by atoms with Gasteiger partial charge in [0.1, 0.15) is 0 Å². The largest absolute Gasteiger partial charge is 0.392 e. The molecule has 1 fully saturated rings. The van der Waals surface area contributed by atoms with E-state index in [2.05, 4.69) is 5.32 Å². The van der Waals surface area contributed by atoms with E-state index in [1.165, 1.54) is 7.11 Å². The summed E-state index contributed by atoms with van der Waals surface area (Å²) in [4.78, 5) is 0. The van der Waals surface area contributed by atoms with Gasteiger partial charge < -0.3 is 10.1 Å². The predicted octanol–water partition coefficient (Wildman–Crippen LogP) is 2.59. The van der Waals surface area contributed by atoms with Crippen molar-refractivity contribution < 1.29 is 17.9 Å². The van der Waals surface area contributed by atoms with Gasteiger partial charge in [0.15, 0.2) is 0 Å². The molecule has 96 valence electrons. The minimum absolute atomic E-state index is 0.197. The smallest absolute Gasteiger partial charge is 0.383 e. The molecule has 1 N–H and O–H groups in total. The summed E-state index contributed by atoms with van der Waals surface area (Å²) in [5, 5.41) is 2.95. The molecule has 0 aromatic heterocycles. The molecule has 0 saturated heterocycles. The molecule has 0 amide bonds. The van der Waals surface area contributed by atoms with Crippen molar-refractivity contribution in [3.05, 3.63) is 0 Å². The molecule has 0 aromatic carbocycles. The van der Waals surface area contributed by atoms with Crippen LogP contribution in [0.15, 0.2) is 0 Å². The van der Waals surface area contributed by atoms with Gasteiger partial charge in [-0.2, -0.15) is 13.2 Å². The summed E-state index contributed by atoms with van der Waals surface area (Å²) in [6, 6.07) is -0.197. The van der Waals surface area contributed by atoms with Gasteiger partial charge in [-0.3, -0.25) is 0 Å². The van der Waals surface area contributed by atoms with Gasteiger partial charge in [0.25, 0.3) is 0 Å². The molecule has 1 aliphatic rings. The maximum Gasteiger partial charge on any atom is 0.392 e. The molecule has 0 aliphatic heterocycles. The van der Waals surface area contributed by atoms with Crippen molar-refractivity contribution in [1.82, 2.24) is 5.32 Å². The van der Waals surface area contributed by atoms with Crippen LogP contribution in [0, 0.1) is 11.8 Å². The van der Waals surface area contributed by atoms with Crippen LogP contribution in [0.4, 0.5) is 13.2 Å². The van der Waals surface area contributed by atoms with Gasteiger partial charge in [0.05, 0.1) is 12.5 Å². The number of nitrogens with one attached hydrogen (secondary N) is 1. The Hall–Kier alpha value is -0.290. The molecule has 0 spiro atoms. The second kappa shape index (κ2) is 5.87. The summed E-state index contributed by atoms with van der Waals surface area (Å²) in [7, 11) is 3.22. The van der Waals surface area contributed by atoms with Crippen molar-refractivity contribution in [2.75, 3.05) is 20.8 Å². The Labute approximate surface area is 94.5 Å². The van der Waals surface area contributed by atoms with E-state index in [0.29, 0.717) is 19.4 Å². The van der Waals surface area contributed by atoms with Gasteiger partial charge in [-0.15, -0.1) is 0 Å². The Morgan fingerprint density at radius 3 is 2.44 bits per heavy atom. The number of alkyl halides is 3. The zero-order chi connectivity index (χ0) is 12.2. The number of rotatable bonds is 4. The number of likely N-dealkylation sites (N-methyl/N-ethyl adjacent to an activating group) is 1. The number of methoxy groups -OCH3 is 1. The Balaban J connectivity index is 2.72. The highest BCUT2D eigenvalue weighted by Gasteiger charge is 2.47. The molecule has 3 atom stereocenters. The first-order valence-electron chi connectivity index (χ1n) is 5.73. The fourth-order valence-electron chi connectivity index (χ4n) is 2.65. The summed E-state index contributed by atoms with van der Waals surface area (Å²) in [6.07, 6.45) is -1.60. The van der Waals surface area contributed by atoms with Crippen LogP contribution in [0.25, 0.3) is 0 Å². The van der Waals surface area contributed by atoms with E-state index >= 15 is 0 Å². The highest BCUT2D eigenvalue weighted by atomic mass is 19.4. The summed E-state index contributed by atoms with van der Waals surface area (Å²) < 4.78 is 43.6. The molecule has 1 aliphatic carbocycles. The molecule has 16 heavy (non-hydrogen) atoms. The monoisotopic (exact) mass is 239 g/mol. The molecule has 1 saturated carbocycles. The molecule has 2 nitrogen and oxygen atoms in total. The average molecular weight is 239 g/mol. The van der Waals surface area contributed by atoms with Crippen molar-refractivity contribution in [1.29, 1.82) is 0 Å². The van der Waals surface area contributed by atoms with Crippen molar-refractivity contribution in [2.24, 2.45) is 11.8 Å². The molecule has 5 heteroatoms. The quantitative estimate of drug-likeness (QED) is 0.814. The Morgan fingerprint density at radius 1 is 1.31 bits per heavy atom.